The van der Waals surface area contributed by atoms with Crippen LogP contribution >= 0.6 is 11.6 Å². The highest BCUT2D eigenvalue weighted by Gasteiger charge is 2.08. The number of hydrogen-bond acceptors (Lipinski definition) is 3. The molecule has 0 N–H and O–H groups in total. The summed E-state index contributed by atoms with van der Waals surface area (Å²) in [5.41, 5.74) is 0. The largest absolute Gasteiger partial charge is 0.486 e. The SMILES string of the molecule is CC(C)Cn1ncnc1COc1ccc(Cl)c(F)c1. The van der Waals surface area contributed by atoms with Gasteiger partial charge in [0.15, 0.2) is 5.82 Å². The molecule has 2 rings (SSSR count). The molecule has 4 nitrogen and oxygen atoms in total. The molecule has 0 aliphatic rings. The number of benzene rings is 1. The van der Waals surface area contributed by atoms with E-state index in [0.717, 1.165) is 6.54 Å². The Morgan fingerprint density at radius 3 is 2.89 bits per heavy atom. The average Bonchev–Trinajstić information content (AvgIpc) is 2.77. The highest BCUT2D eigenvalue weighted by molar-refractivity contribution is 6.30. The van der Waals surface area contributed by atoms with Crippen LogP contribution in [-0.2, 0) is 13.2 Å². The summed E-state index contributed by atoms with van der Waals surface area (Å²) >= 11 is 5.61. The Hall–Kier alpha value is -1.62. The van der Waals surface area contributed by atoms with Gasteiger partial charge in [-0.3, -0.25) is 0 Å². The van der Waals surface area contributed by atoms with Gasteiger partial charge in [0.25, 0.3) is 0 Å². The van der Waals surface area contributed by atoms with E-state index in [-0.39, 0.29) is 11.6 Å². The third-order valence-electron chi connectivity index (χ3n) is 2.49. The predicted molar refractivity (Wildman–Crippen MR) is 70.6 cm³/mol. The van der Waals surface area contributed by atoms with Crippen LogP contribution in [0.25, 0.3) is 0 Å². The second kappa shape index (κ2) is 6.02. The van der Waals surface area contributed by atoms with Crippen LogP contribution in [0.1, 0.15) is 19.7 Å². The molecule has 0 spiro atoms. The van der Waals surface area contributed by atoms with E-state index >= 15 is 0 Å². The quantitative estimate of drug-likeness (QED) is 0.845. The van der Waals surface area contributed by atoms with Crippen molar-refractivity contribution in [3.63, 3.8) is 0 Å². The van der Waals surface area contributed by atoms with Gasteiger partial charge < -0.3 is 4.74 Å². The first-order valence-electron chi connectivity index (χ1n) is 6.01. The van der Waals surface area contributed by atoms with Crippen molar-refractivity contribution in [1.29, 1.82) is 0 Å². The second-order valence-corrected chi connectivity index (χ2v) is 5.02. The van der Waals surface area contributed by atoms with Gasteiger partial charge in [-0.25, -0.2) is 14.1 Å². The molecular formula is C13H15ClFN3O. The maximum Gasteiger partial charge on any atom is 0.164 e. The van der Waals surface area contributed by atoms with Crippen LogP contribution in [0.3, 0.4) is 0 Å². The molecule has 0 aliphatic carbocycles. The first-order chi connectivity index (χ1) is 9.06. The summed E-state index contributed by atoms with van der Waals surface area (Å²) < 4.78 is 20.5. The Morgan fingerprint density at radius 2 is 2.21 bits per heavy atom. The van der Waals surface area contributed by atoms with E-state index in [1.165, 1.54) is 18.5 Å². The van der Waals surface area contributed by atoms with Crippen LogP contribution in [0.15, 0.2) is 24.5 Å². The van der Waals surface area contributed by atoms with Crippen LogP contribution < -0.4 is 4.74 Å². The van der Waals surface area contributed by atoms with Crippen LogP contribution in [0.5, 0.6) is 5.75 Å². The first kappa shape index (κ1) is 13.8. The normalized spacial score (nSPS) is 11.0. The van der Waals surface area contributed by atoms with Crippen molar-refractivity contribution in [2.24, 2.45) is 5.92 Å². The van der Waals surface area contributed by atoms with Crippen molar-refractivity contribution in [3.8, 4) is 5.75 Å². The Balaban J connectivity index is 2.02. The first-order valence-corrected chi connectivity index (χ1v) is 6.38. The zero-order chi connectivity index (χ0) is 13.8. The summed E-state index contributed by atoms with van der Waals surface area (Å²) in [6.07, 6.45) is 1.49. The average molecular weight is 284 g/mol. The molecule has 0 atom stereocenters. The molecule has 2 aromatic rings. The van der Waals surface area contributed by atoms with Gasteiger partial charge in [0, 0.05) is 12.6 Å². The minimum Gasteiger partial charge on any atom is -0.486 e. The standard InChI is InChI=1S/C13H15ClFN3O/c1-9(2)6-18-13(16-8-17-18)7-19-10-3-4-11(14)12(15)5-10/h3-5,8-9H,6-7H2,1-2H3. The zero-order valence-electron chi connectivity index (χ0n) is 10.8. The molecule has 0 bridgehead atoms. The Bertz CT molecular complexity index is 557. The molecule has 1 aromatic carbocycles. The van der Waals surface area contributed by atoms with Gasteiger partial charge in [-0.2, -0.15) is 5.10 Å². The lowest BCUT2D eigenvalue weighted by molar-refractivity contribution is 0.281. The third kappa shape index (κ3) is 3.67. The zero-order valence-corrected chi connectivity index (χ0v) is 11.6. The minimum atomic E-state index is -0.497. The molecular weight excluding hydrogens is 269 g/mol. The Morgan fingerprint density at radius 1 is 1.42 bits per heavy atom. The molecule has 0 saturated carbocycles. The van der Waals surface area contributed by atoms with Gasteiger partial charge in [0.05, 0.1) is 5.02 Å². The lowest BCUT2D eigenvalue weighted by atomic mass is 10.2. The Labute approximate surface area is 116 Å². The Kier molecular flexibility index (Phi) is 4.37. The summed E-state index contributed by atoms with van der Waals surface area (Å²) in [5.74, 6) is 1.10. The third-order valence-corrected chi connectivity index (χ3v) is 2.80. The van der Waals surface area contributed by atoms with E-state index < -0.39 is 5.82 Å². The second-order valence-electron chi connectivity index (χ2n) is 4.62. The summed E-state index contributed by atoms with van der Waals surface area (Å²) in [6.45, 7) is 5.21. The molecule has 6 heteroatoms. The predicted octanol–water partition coefficient (Wildman–Crippen LogP) is 3.31. The van der Waals surface area contributed by atoms with E-state index in [9.17, 15) is 4.39 Å². The molecule has 0 aliphatic heterocycles. The van der Waals surface area contributed by atoms with E-state index in [2.05, 4.69) is 23.9 Å². The summed E-state index contributed by atoms with van der Waals surface area (Å²) in [5, 5.41) is 4.21. The van der Waals surface area contributed by atoms with Crippen LogP contribution in [0.2, 0.25) is 5.02 Å². The van der Waals surface area contributed by atoms with Gasteiger partial charge in [0.2, 0.25) is 0 Å². The lowest BCUT2D eigenvalue weighted by Crippen LogP contribution is -2.12. The summed E-state index contributed by atoms with van der Waals surface area (Å²) in [4.78, 5) is 4.13. The number of rotatable bonds is 5. The molecule has 102 valence electrons. The van der Waals surface area contributed by atoms with Gasteiger partial charge in [-0.1, -0.05) is 25.4 Å². The number of hydrogen-bond donors (Lipinski definition) is 0. The maximum absolute atomic E-state index is 13.3. The molecule has 0 saturated heterocycles. The van der Waals surface area contributed by atoms with Crippen molar-refractivity contribution < 1.29 is 9.13 Å². The fourth-order valence-electron chi connectivity index (χ4n) is 1.61. The van der Waals surface area contributed by atoms with Gasteiger partial charge in [-0.05, 0) is 18.1 Å². The van der Waals surface area contributed by atoms with Crippen molar-refractivity contribution >= 4 is 11.6 Å². The molecule has 0 fully saturated rings. The van der Waals surface area contributed by atoms with E-state index in [4.69, 9.17) is 16.3 Å². The van der Waals surface area contributed by atoms with Crippen LogP contribution in [0, 0.1) is 11.7 Å². The van der Waals surface area contributed by atoms with Crippen molar-refractivity contribution in [3.05, 3.63) is 41.2 Å². The fourth-order valence-corrected chi connectivity index (χ4v) is 1.73. The molecule has 1 aromatic heterocycles. The summed E-state index contributed by atoms with van der Waals surface area (Å²) in [6, 6.07) is 4.34. The van der Waals surface area contributed by atoms with Gasteiger partial charge in [0.1, 0.15) is 24.5 Å². The number of ether oxygens (including phenoxy) is 1. The fraction of sp³-hybridized carbons (Fsp3) is 0.385. The minimum absolute atomic E-state index is 0.0790. The molecule has 0 amide bonds. The number of aromatic nitrogens is 3. The van der Waals surface area contributed by atoms with Gasteiger partial charge >= 0.3 is 0 Å². The van der Waals surface area contributed by atoms with E-state index in [0.29, 0.717) is 17.5 Å². The van der Waals surface area contributed by atoms with E-state index in [1.807, 2.05) is 0 Å². The summed E-state index contributed by atoms with van der Waals surface area (Å²) in [7, 11) is 0. The number of halogens is 2. The highest BCUT2D eigenvalue weighted by atomic mass is 35.5. The molecule has 19 heavy (non-hydrogen) atoms. The topological polar surface area (TPSA) is 39.9 Å². The lowest BCUT2D eigenvalue weighted by Gasteiger charge is -2.10. The molecule has 0 unspecified atom stereocenters. The van der Waals surface area contributed by atoms with Crippen molar-refractivity contribution in [2.75, 3.05) is 0 Å². The van der Waals surface area contributed by atoms with Crippen LogP contribution in [-0.4, -0.2) is 14.8 Å². The van der Waals surface area contributed by atoms with E-state index in [1.54, 1.807) is 10.7 Å². The van der Waals surface area contributed by atoms with Crippen molar-refractivity contribution in [1.82, 2.24) is 14.8 Å². The molecule has 0 radical (unpaired) electrons. The van der Waals surface area contributed by atoms with Crippen molar-refractivity contribution in [2.45, 2.75) is 27.0 Å². The van der Waals surface area contributed by atoms with Gasteiger partial charge in [-0.15, -0.1) is 0 Å². The van der Waals surface area contributed by atoms with Crippen LogP contribution in [0.4, 0.5) is 4.39 Å². The monoisotopic (exact) mass is 283 g/mol. The smallest absolute Gasteiger partial charge is 0.164 e. The number of nitrogens with zero attached hydrogens (tertiary/aromatic N) is 3. The molecule has 1 heterocycles. The maximum atomic E-state index is 13.3. The highest BCUT2D eigenvalue weighted by Crippen LogP contribution is 2.21.